The molecule has 0 atom stereocenters. The van der Waals surface area contributed by atoms with Gasteiger partial charge in [-0.1, -0.05) is 6.92 Å². The maximum atomic E-state index is 15.0. The Morgan fingerprint density at radius 3 is 2.73 bits per heavy atom. The average molecular weight is 453 g/mol. The van der Waals surface area contributed by atoms with E-state index in [1.807, 2.05) is 36.7 Å². The highest BCUT2D eigenvalue weighted by Gasteiger charge is 2.41. The largest absolute Gasteiger partial charge is 0.479 e. The van der Waals surface area contributed by atoms with Crippen LogP contribution in [0.3, 0.4) is 0 Å². The van der Waals surface area contributed by atoms with Crippen LogP contribution in [0, 0.1) is 12.7 Å². The summed E-state index contributed by atoms with van der Waals surface area (Å²) in [6.45, 7) is 7.99. The zero-order valence-electron chi connectivity index (χ0n) is 19.6. The van der Waals surface area contributed by atoms with E-state index in [0.29, 0.717) is 41.3 Å². The van der Waals surface area contributed by atoms with E-state index < -0.39 is 5.60 Å². The first-order valence-corrected chi connectivity index (χ1v) is 11.3. The minimum atomic E-state index is -0.601. The molecule has 1 aromatic carbocycles. The summed E-state index contributed by atoms with van der Waals surface area (Å²) in [4.78, 5) is 8.98. The Morgan fingerprint density at radius 1 is 1.30 bits per heavy atom. The van der Waals surface area contributed by atoms with Crippen molar-refractivity contribution in [1.29, 1.82) is 0 Å². The number of ether oxygens (including phenoxy) is 1. The van der Waals surface area contributed by atoms with E-state index in [1.54, 1.807) is 11.6 Å². The fourth-order valence-electron chi connectivity index (χ4n) is 4.94. The third kappa shape index (κ3) is 3.51. The molecule has 3 heterocycles. The quantitative estimate of drug-likeness (QED) is 0.448. The number of aliphatic hydroxyl groups is 1. The van der Waals surface area contributed by atoms with Crippen molar-refractivity contribution in [3.63, 3.8) is 0 Å². The number of imidazole rings is 1. The second-order valence-corrected chi connectivity index (χ2v) is 9.24. The van der Waals surface area contributed by atoms with Gasteiger partial charge in [0.1, 0.15) is 16.9 Å². The minimum absolute atomic E-state index is 0.114. The van der Waals surface area contributed by atoms with Crippen LogP contribution in [0.2, 0.25) is 0 Å². The first-order chi connectivity index (χ1) is 15.7. The number of hydrogen-bond donors (Lipinski definition) is 2. The van der Waals surface area contributed by atoms with Gasteiger partial charge in [0.05, 0.1) is 18.2 Å². The monoisotopic (exact) mass is 452 g/mol. The zero-order chi connectivity index (χ0) is 23.5. The summed E-state index contributed by atoms with van der Waals surface area (Å²) in [5.74, 6) is 1.24. The lowest BCUT2D eigenvalue weighted by Gasteiger charge is -2.43. The first kappa shape index (κ1) is 21.6. The molecular weight excluding hydrogens is 423 g/mol. The highest BCUT2D eigenvalue weighted by Crippen LogP contribution is 2.38. The molecule has 174 valence electrons. The van der Waals surface area contributed by atoms with Gasteiger partial charge in [0, 0.05) is 23.8 Å². The van der Waals surface area contributed by atoms with Crippen LogP contribution in [-0.4, -0.2) is 48.0 Å². The van der Waals surface area contributed by atoms with E-state index in [0.717, 1.165) is 23.3 Å². The normalized spacial score (nSPS) is 20.5. The highest BCUT2D eigenvalue weighted by molar-refractivity contribution is 5.90. The number of benzene rings is 1. The molecule has 4 aromatic rings. The highest BCUT2D eigenvalue weighted by atomic mass is 19.1. The van der Waals surface area contributed by atoms with Gasteiger partial charge in [0.15, 0.2) is 5.82 Å². The molecule has 1 fully saturated rings. The molecule has 0 unspecified atom stereocenters. The molecule has 9 heteroatoms. The molecule has 8 nitrogen and oxygen atoms in total. The lowest BCUT2D eigenvalue weighted by molar-refractivity contribution is -0.0442. The number of methoxy groups -OCH3 is 1. The Labute approximate surface area is 191 Å². The Bertz CT molecular complexity index is 1350. The lowest BCUT2D eigenvalue weighted by Crippen LogP contribution is -2.50. The van der Waals surface area contributed by atoms with Crippen molar-refractivity contribution < 1.29 is 14.2 Å². The van der Waals surface area contributed by atoms with Crippen LogP contribution >= 0.6 is 0 Å². The molecule has 1 aliphatic rings. The van der Waals surface area contributed by atoms with Gasteiger partial charge in [-0.15, -0.1) is 5.10 Å². The molecule has 0 amide bonds. The van der Waals surface area contributed by atoms with E-state index in [2.05, 4.69) is 34.2 Å². The second-order valence-electron chi connectivity index (χ2n) is 9.24. The molecule has 3 aromatic heterocycles. The van der Waals surface area contributed by atoms with Gasteiger partial charge in [-0.05, 0) is 63.8 Å². The van der Waals surface area contributed by atoms with Crippen LogP contribution in [0.4, 0.5) is 10.3 Å². The predicted molar refractivity (Wildman–Crippen MR) is 125 cm³/mol. The molecule has 2 N–H and O–H groups in total. The van der Waals surface area contributed by atoms with E-state index in [-0.39, 0.29) is 17.9 Å². The Balaban J connectivity index is 1.57. The maximum Gasteiger partial charge on any atom is 0.244 e. The van der Waals surface area contributed by atoms with Gasteiger partial charge in [-0.25, -0.2) is 13.9 Å². The van der Waals surface area contributed by atoms with Crippen LogP contribution in [-0.2, 0) is 0 Å². The Hall–Kier alpha value is -3.20. The minimum Gasteiger partial charge on any atom is -0.479 e. The summed E-state index contributed by atoms with van der Waals surface area (Å²) < 4.78 is 24.4. The fraction of sp³-hybridized carbons (Fsp3) is 0.458. The van der Waals surface area contributed by atoms with Crippen LogP contribution in [0.25, 0.3) is 27.7 Å². The number of nitrogens with one attached hydrogen (secondary N) is 1. The summed E-state index contributed by atoms with van der Waals surface area (Å²) in [5, 5.41) is 18.1. The number of hydrogen-bond acceptors (Lipinski definition) is 6. The van der Waals surface area contributed by atoms with Crippen molar-refractivity contribution in [2.75, 3.05) is 12.4 Å². The molecule has 1 aliphatic carbocycles. The van der Waals surface area contributed by atoms with Crippen LogP contribution < -0.4 is 10.1 Å². The number of aryl methyl sites for hydroxylation is 1. The van der Waals surface area contributed by atoms with Crippen molar-refractivity contribution in [2.45, 2.75) is 64.6 Å². The Morgan fingerprint density at radius 2 is 2.06 bits per heavy atom. The third-order valence-corrected chi connectivity index (χ3v) is 6.67. The predicted octanol–water partition coefficient (Wildman–Crippen LogP) is 4.50. The second kappa shape index (κ2) is 7.69. The number of aromatic nitrogens is 5. The van der Waals surface area contributed by atoms with Crippen LogP contribution in [0.15, 0.2) is 24.4 Å². The smallest absolute Gasteiger partial charge is 0.244 e. The average Bonchev–Trinajstić information content (AvgIpc) is 3.32. The van der Waals surface area contributed by atoms with E-state index in [1.165, 1.54) is 6.07 Å². The molecule has 0 aliphatic heterocycles. The van der Waals surface area contributed by atoms with Crippen LogP contribution in [0.1, 0.15) is 51.9 Å². The molecule has 0 spiro atoms. The van der Waals surface area contributed by atoms with Crippen molar-refractivity contribution in [3.05, 3.63) is 36.0 Å². The topological polar surface area (TPSA) is 89.5 Å². The Kier molecular flexibility index (Phi) is 5.04. The standard InChI is InChI=1S/C24H29FN6O2/c1-6-24(32)11-16(12-24)27-23-28-22(33-5)21-17(7-8-30(21)29-23)15-9-18(25)20-19(10-15)31(13(2)3)14(4)26-20/h7-10,13,16,32H,6,11-12H2,1-5H3,(H,27,29)/t16-,24-. The van der Waals surface area contributed by atoms with E-state index in [9.17, 15) is 5.11 Å². The van der Waals surface area contributed by atoms with Crippen LogP contribution in [0.5, 0.6) is 5.88 Å². The molecule has 5 rings (SSSR count). The summed E-state index contributed by atoms with van der Waals surface area (Å²) in [5.41, 5.74) is 2.67. The molecule has 0 bridgehead atoms. The summed E-state index contributed by atoms with van der Waals surface area (Å²) in [6.07, 6.45) is 3.86. The van der Waals surface area contributed by atoms with Crippen molar-refractivity contribution in [3.8, 4) is 17.0 Å². The molecule has 0 saturated heterocycles. The van der Waals surface area contributed by atoms with Gasteiger partial charge in [-0.2, -0.15) is 4.98 Å². The SMILES string of the molecule is CC[C@]1(O)C[C@H](Nc2nc(OC)c3c(-c4cc(F)c5nc(C)n(C(C)C)c5c4)ccn3n2)C1. The third-order valence-electron chi connectivity index (χ3n) is 6.67. The van der Waals surface area contributed by atoms with Gasteiger partial charge in [0.2, 0.25) is 11.8 Å². The van der Waals surface area contributed by atoms with Crippen molar-refractivity contribution in [1.82, 2.24) is 24.1 Å². The number of nitrogens with zero attached hydrogens (tertiary/aromatic N) is 5. The van der Waals surface area contributed by atoms with E-state index in [4.69, 9.17) is 4.74 Å². The number of anilines is 1. The fourth-order valence-corrected chi connectivity index (χ4v) is 4.94. The number of fused-ring (bicyclic) bond motifs is 2. The van der Waals surface area contributed by atoms with Gasteiger partial charge in [-0.3, -0.25) is 0 Å². The number of halogens is 1. The summed E-state index contributed by atoms with van der Waals surface area (Å²) in [6, 6.07) is 5.61. The van der Waals surface area contributed by atoms with Crippen molar-refractivity contribution in [2.24, 2.45) is 0 Å². The maximum absolute atomic E-state index is 15.0. The van der Waals surface area contributed by atoms with Crippen molar-refractivity contribution >= 4 is 22.5 Å². The van der Waals surface area contributed by atoms with Gasteiger partial charge < -0.3 is 19.7 Å². The lowest BCUT2D eigenvalue weighted by atomic mass is 9.74. The molecule has 33 heavy (non-hydrogen) atoms. The van der Waals surface area contributed by atoms with Gasteiger partial charge >= 0.3 is 0 Å². The molecule has 1 saturated carbocycles. The molecule has 0 radical (unpaired) electrons. The zero-order valence-corrected chi connectivity index (χ0v) is 19.6. The first-order valence-electron chi connectivity index (χ1n) is 11.3. The number of rotatable bonds is 6. The van der Waals surface area contributed by atoms with E-state index >= 15 is 4.39 Å². The molecular formula is C24H29FN6O2. The summed E-state index contributed by atoms with van der Waals surface area (Å²) in [7, 11) is 1.56. The van der Waals surface area contributed by atoms with Gasteiger partial charge in [0.25, 0.3) is 0 Å². The summed E-state index contributed by atoms with van der Waals surface area (Å²) >= 11 is 0.